The first-order valence-electron chi connectivity index (χ1n) is 12.7. The zero-order valence-corrected chi connectivity index (χ0v) is 22.4. The van der Waals surface area contributed by atoms with Crippen LogP contribution in [0.5, 0.6) is 0 Å². The van der Waals surface area contributed by atoms with Crippen molar-refractivity contribution in [3.05, 3.63) is 66.4 Å². The molecule has 0 spiro atoms. The molecule has 0 atom stereocenters. The van der Waals surface area contributed by atoms with Gasteiger partial charge in [0.2, 0.25) is 0 Å². The van der Waals surface area contributed by atoms with Crippen LogP contribution in [0.25, 0.3) is 10.9 Å². The van der Waals surface area contributed by atoms with Gasteiger partial charge in [-0.1, -0.05) is 18.2 Å². The molecule has 1 aromatic heterocycles. The summed E-state index contributed by atoms with van der Waals surface area (Å²) in [7, 11) is -3.90. The van der Waals surface area contributed by atoms with Crippen LogP contribution in [0, 0.1) is 0 Å². The Morgan fingerprint density at radius 1 is 0.949 bits per heavy atom. The second kappa shape index (κ2) is 12.6. The van der Waals surface area contributed by atoms with Crippen LogP contribution >= 0.6 is 0 Å². The van der Waals surface area contributed by atoms with Crippen molar-refractivity contribution in [3.8, 4) is 0 Å². The minimum atomic E-state index is -3.90. The molecule has 2 N–H and O–H groups in total. The summed E-state index contributed by atoms with van der Waals surface area (Å²) in [4.78, 5) is 44.3. The summed E-state index contributed by atoms with van der Waals surface area (Å²) in [6.45, 7) is 3.95. The molecule has 1 aliphatic heterocycles. The monoisotopic (exact) mass is 553 g/mol. The number of carbonyl (C=O) groups excluding carboxylic acids is 3. The lowest BCUT2D eigenvalue weighted by Crippen LogP contribution is -2.53. The maximum Gasteiger partial charge on any atom is 0.317 e. The second-order valence-electron chi connectivity index (χ2n) is 8.93. The number of carbonyl (C=O) groups is 3. The molecule has 206 valence electrons. The molecule has 11 nitrogen and oxygen atoms in total. The number of benzene rings is 2. The number of aromatic nitrogens is 1. The zero-order valence-electron chi connectivity index (χ0n) is 21.6. The SMILES string of the molecule is CCOC(=O)CCCNC(=O)N1CCN(C(=O)c2ccc(NS(=O)(=O)c3cccc4cccnc34)cc2)CC1. The summed E-state index contributed by atoms with van der Waals surface area (Å²) < 4.78 is 33.5. The molecular weight excluding hydrogens is 522 g/mol. The minimum absolute atomic E-state index is 0.0710. The molecule has 0 aliphatic carbocycles. The normalized spacial score (nSPS) is 13.7. The molecule has 1 saturated heterocycles. The number of hydrogen-bond acceptors (Lipinski definition) is 7. The average molecular weight is 554 g/mol. The van der Waals surface area contributed by atoms with Crippen molar-refractivity contribution < 1.29 is 27.5 Å². The molecule has 0 bridgehead atoms. The van der Waals surface area contributed by atoms with Crippen LogP contribution in [0.4, 0.5) is 10.5 Å². The standard InChI is InChI=1S/C27H31N5O6S/c1-2-38-24(33)9-5-15-29-27(35)32-18-16-31(17-19-32)26(34)21-10-12-22(13-11-21)30-39(36,37)23-8-3-6-20-7-4-14-28-25(20)23/h3-4,6-8,10-14,30H,2,5,9,15-19H2,1H3,(H,29,35). The van der Waals surface area contributed by atoms with Crippen molar-refractivity contribution >= 4 is 44.5 Å². The number of esters is 1. The number of pyridine rings is 1. The Hall–Kier alpha value is -4.19. The van der Waals surface area contributed by atoms with Crippen LogP contribution in [0.1, 0.15) is 30.1 Å². The smallest absolute Gasteiger partial charge is 0.317 e. The molecule has 39 heavy (non-hydrogen) atoms. The quantitative estimate of drug-likeness (QED) is 0.307. The molecule has 0 saturated carbocycles. The van der Waals surface area contributed by atoms with E-state index in [1.165, 1.54) is 6.07 Å². The number of para-hydroxylation sites is 1. The molecule has 2 heterocycles. The summed E-state index contributed by atoms with van der Waals surface area (Å²) in [5.41, 5.74) is 1.12. The molecule has 12 heteroatoms. The van der Waals surface area contributed by atoms with Crippen LogP contribution in [0.2, 0.25) is 0 Å². The van der Waals surface area contributed by atoms with Crippen LogP contribution in [-0.4, -0.2) is 80.4 Å². The number of amides is 3. The maximum atomic E-state index is 13.0. The molecule has 0 unspecified atom stereocenters. The highest BCUT2D eigenvalue weighted by molar-refractivity contribution is 7.93. The third-order valence-corrected chi connectivity index (χ3v) is 7.68. The van der Waals surface area contributed by atoms with Gasteiger partial charge in [-0.25, -0.2) is 13.2 Å². The third kappa shape index (κ3) is 7.02. The van der Waals surface area contributed by atoms with Gasteiger partial charge in [-0.2, -0.15) is 0 Å². The number of piperazine rings is 1. The fourth-order valence-electron chi connectivity index (χ4n) is 4.25. The van der Waals surface area contributed by atoms with Crippen LogP contribution in [0.3, 0.4) is 0 Å². The van der Waals surface area contributed by atoms with Crippen LogP contribution < -0.4 is 10.0 Å². The van der Waals surface area contributed by atoms with Gasteiger partial charge in [-0.15, -0.1) is 0 Å². The van der Waals surface area contributed by atoms with E-state index in [1.54, 1.807) is 71.5 Å². The Balaban J connectivity index is 1.28. The molecule has 0 radical (unpaired) electrons. The third-order valence-electron chi connectivity index (χ3n) is 6.26. The van der Waals surface area contributed by atoms with Gasteiger partial charge < -0.3 is 19.9 Å². The molecule has 2 aromatic carbocycles. The molecule has 3 amide bonds. The van der Waals surface area contributed by atoms with Gasteiger partial charge in [0.05, 0.1) is 12.1 Å². The van der Waals surface area contributed by atoms with E-state index in [0.29, 0.717) is 67.9 Å². The van der Waals surface area contributed by atoms with Crippen LogP contribution in [-0.2, 0) is 19.6 Å². The summed E-state index contributed by atoms with van der Waals surface area (Å²) in [6, 6.07) is 14.5. The molecular formula is C27H31N5O6S. The van der Waals surface area contributed by atoms with E-state index in [1.807, 2.05) is 0 Å². The molecule has 1 fully saturated rings. The van der Waals surface area contributed by atoms with E-state index in [-0.39, 0.29) is 29.2 Å². The van der Waals surface area contributed by atoms with Crippen molar-refractivity contribution in [1.82, 2.24) is 20.1 Å². The average Bonchev–Trinajstić information content (AvgIpc) is 2.95. The first kappa shape index (κ1) is 27.8. The van der Waals surface area contributed by atoms with Gasteiger partial charge in [-0.3, -0.25) is 19.3 Å². The number of nitrogens with one attached hydrogen (secondary N) is 2. The first-order valence-corrected chi connectivity index (χ1v) is 14.2. The molecule has 3 aromatic rings. The Labute approximate surface area is 227 Å². The first-order chi connectivity index (χ1) is 18.8. The highest BCUT2D eigenvalue weighted by Crippen LogP contribution is 2.23. The molecule has 1 aliphatic rings. The van der Waals surface area contributed by atoms with E-state index in [0.717, 1.165) is 0 Å². The number of urea groups is 1. The van der Waals surface area contributed by atoms with E-state index >= 15 is 0 Å². The minimum Gasteiger partial charge on any atom is -0.466 e. The van der Waals surface area contributed by atoms with Crippen molar-refractivity contribution in [2.45, 2.75) is 24.7 Å². The number of hydrogen-bond donors (Lipinski definition) is 2. The summed E-state index contributed by atoms with van der Waals surface area (Å²) in [5, 5.41) is 3.50. The Kier molecular flexibility index (Phi) is 8.97. The Morgan fingerprint density at radius 2 is 1.64 bits per heavy atom. The topological polar surface area (TPSA) is 138 Å². The van der Waals surface area contributed by atoms with E-state index in [2.05, 4.69) is 15.0 Å². The highest BCUT2D eigenvalue weighted by atomic mass is 32.2. The number of nitrogens with zero attached hydrogens (tertiary/aromatic N) is 3. The van der Waals surface area contributed by atoms with E-state index in [4.69, 9.17) is 4.74 Å². The van der Waals surface area contributed by atoms with E-state index in [9.17, 15) is 22.8 Å². The maximum absolute atomic E-state index is 13.0. The van der Waals surface area contributed by atoms with Crippen LogP contribution in [0.15, 0.2) is 65.7 Å². The van der Waals surface area contributed by atoms with Gasteiger partial charge >= 0.3 is 12.0 Å². The lowest BCUT2D eigenvalue weighted by molar-refractivity contribution is -0.143. The van der Waals surface area contributed by atoms with Gasteiger partial charge in [0, 0.05) is 62.0 Å². The fourth-order valence-corrected chi connectivity index (χ4v) is 5.49. The summed E-state index contributed by atoms with van der Waals surface area (Å²) in [5.74, 6) is -0.483. The number of sulfonamides is 1. The predicted molar refractivity (Wildman–Crippen MR) is 146 cm³/mol. The summed E-state index contributed by atoms with van der Waals surface area (Å²) in [6.07, 6.45) is 2.29. The fraction of sp³-hybridized carbons (Fsp3) is 0.333. The van der Waals surface area contributed by atoms with Gasteiger partial charge in [0.25, 0.3) is 15.9 Å². The van der Waals surface area contributed by atoms with Crippen molar-refractivity contribution in [3.63, 3.8) is 0 Å². The number of ether oxygens (including phenoxy) is 1. The summed E-state index contributed by atoms with van der Waals surface area (Å²) >= 11 is 0. The van der Waals surface area contributed by atoms with E-state index < -0.39 is 10.0 Å². The largest absolute Gasteiger partial charge is 0.466 e. The van der Waals surface area contributed by atoms with Gasteiger partial charge in [0.1, 0.15) is 4.90 Å². The lowest BCUT2D eigenvalue weighted by Gasteiger charge is -2.34. The van der Waals surface area contributed by atoms with Crippen molar-refractivity contribution in [2.24, 2.45) is 0 Å². The lowest BCUT2D eigenvalue weighted by atomic mass is 10.1. The number of fused-ring (bicyclic) bond motifs is 1. The van der Waals surface area contributed by atoms with Crippen molar-refractivity contribution in [2.75, 3.05) is 44.1 Å². The Bertz CT molecular complexity index is 1430. The van der Waals surface area contributed by atoms with Gasteiger partial charge in [0.15, 0.2) is 0 Å². The highest BCUT2D eigenvalue weighted by Gasteiger charge is 2.25. The zero-order chi connectivity index (χ0) is 27.8. The number of anilines is 1. The second-order valence-corrected chi connectivity index (χ2v) is 10.6. The Morgan fingerprint density at radius 3 is 2.36 bits per heavy atom. The molecule has 4 rings (SSSR count). The predicted octanol–water partition coefficient (Wildman–Crippen LogP) is 2.85. The number of rotatable bonds is 9. The van der Waals surface area contributed by atoms with Gasteiger partial charge in [-0.05, 0) is 49.7 Å². The van der Waals surface area contributed by atoms with Crippen molar-refractivity contribution in [1.29, 1.82) is 0 Å².